The molecule has 0 spiro atoms. The maximum absolute atomic E-state index is 5.99. The molecular formula is C9H10Cl3N. The zero-order valence-corrected chi connectivity index (χ0v) is 9.22. The summed E-state index contributed by atoms with van der Waals surface area (Å²) in [6.45, 7) is 0. The predicted molar refractivity (Wildman–Crippen MR) is 58.8 cm³/mol. The van der Waals surface area contributed by atoms with Crippen LogP contribution in [0.1, 0.15) is 18.4 Å². The first-order valence-corrected chi connectivity index (χ1v) is 4.62. The molecule has 1 saturated carbocycles. The van der Waals surface area contributed by atoms with Crippen molar-refractivity contribution in [2.75, 3.05) is 0 Å². The second kappa shape index (κ2) is 3.66. The Labute approximate surface area is 93.6 Å². The maximum atomic E-state index is 5.99. The second-order valence-electron chi connectivity index (χ2n) is 3.28. The summed E-state index contributed by atoms with van der Waals surface area (Å²) in [5.41, 5.74) is 6.85. The topological polar surface area (TPSA) is 26.0 Å². The fourth-order valence-electron chi connectivity index (χ4n) is 1.30. The van der Waals surface area contributed by atoms with Crippen molar-refractivity contribution in [3.63, 3.8) is 0 Å². The molecule has 0 bridgehead atoms. The van der Waals surface area contributed by atoms with Gasteiger partial charge in [-0.3, -0.25) is 0 Å². The van der Waals surface area contributed by atoms with E-state index in [2.05, 4.69) is 0 Å². The highest BCUT2D eigenvalue weighted by atomic mass is 35.5. The van der Waals surface area contributed by atoms with Crippen LogP contribution in [-0.4, -0.2) is 0 Å². The number of hydrogen-bond acceptors (Lipinski definition) is 1. The molecule has 72 valence electrons. The molecule has 0 atom stereocenters. The summed E-state index contributed by atoms with van der Waals surface area (Å²) < 4.78 is 0. The van der Waals surface area contributed by atoms with Crippen LogP contribution in [-0.2, 0) is 5.54 Å². The first-order chi connectivity index (χ1) is 5.62. The number of hydrogen-bond donors (Lipinski definition) is 1. The molecule has 0 amide bonds. The molecule has 13 heavy (non-hydrogen) atoms. The molecule has 1 aliphatic carbocycles. The van der Waals surface area contributed by atoms with E-state index in [1.807, 2.05) is 12.1 Å². The molecule has 2 rings (SSSR count). The minimum Gasteiger partial charge on any atom is -0.321 e. The fraction of sp³-hybridized carbons (Fsp3) is 0.333. The number of rotatable bonds is 1. The SMILES string of the molecule is Cl.NC1(c2ccc(Cl)cc2Cl)CC1. The molecule has 0 unspecified atom stereocenters. The Morgan fingerprint density at radius 1 is 1.23 bits per heavy atom. The van der Waals surface area contributed by atoms with Crippen LogP contribution in [0.4, 0.5) is 0 Å². The van der Waals surface area contributed by atoms with Gasteiger partial charge in [-0.1, -0.05) is 29.3 Å². The van der Waals surface area contributed by atoms with E-state index in [4.69, 9.17) is 28.9 Å². The summed E-state index contributed by atoms with van der Waals surface area (Å²) in [5, 5.41) is 1.34. The summed E-state index contributed by atoms with van der Waals surface area (Å²) in [4.78, 5) is 0. The minimum absolute atomic E-state index is 0. The van der Waals surface area contributed by atoms with Crippen molar-refractivity contribution in [2.45, 2.75) is 18.4 Å². The predicted octanol–water partition coefficient (Wildman–Crippen LogP) is 3.36. The standard InChI is InChI=1S/C9H9Cl2N.ClH/c10-6-1-2-7(8(11)5-6)9(12)3-4-9;/h1-2,5H,3-4,12H2;1H. The average Bonchev–Trinajstić information content (AvgIpc) is 2.68. The highest BCUT2D eigenvalue weighted by Gasteiger charge is 2.41. The van der Waals surface area contributed by atoms with Gasteiger partial charge < -0.3 is 5.73 Å². The van der Waals surface area contributed by atoms with E-state index in [0.717, 1.165) is 18.4 Å². The van der Waals surface area contributed by atoms with Gasteiger partial charge in [-0.2, -0.15) is 0 Å². The van der Waals surface area contributed by atoms with Gasteiger partial charge in [-0.25, -0.2) is 0 Å². The smallest absolute Gasteiger partial charge is 0.0471 e. The number of halogens is 3. The largest absolute Gasteiger partial charge is 0.321 e. The molecule has 0 aromatic heterocycles. The molecule has 1 fully saturated rings. The van der Waals surface area contributed by atoms with Crippen molar-refractivity contribution < 1.29 is 0 Å². The third-order valence-corrected chi connectivity index (χ3v) is 2.80. The van der Waals surface area contributed by atoms with Crippen molar-refractivity contribution in [3.8, 4) is 0 Å². The van der Waals surface area contributed by atoms with Crippen LogP contribution in [0.25, 0.3) is 0 Å². The van der Waals surface area contributed by atoms with Gasteiger partial charge in [-0.15, -0.1) is 12.4 Å². The summed E-state index contributed by atoms with van der Waals surface area (Å²) in [6.07, 6.45) is 2.04. The molecule has 1 aliphatic rings. The van der Waals surface area contributed by atoms with Crippen LogP contribution >= 0.6 is 35.6 Å². The Kier molecular flexibility index (Phi) is 3.13. The van der Waals surface area contributed by atoms with E-state index < -0.39 is 0 Å². The number of nitrogens with two attached hydrogens (primary N) is 1. The van der Waals surface area contributed by atoms with Crippen LogP contribution in [0, 0.1) is 0 Å². The van der Waals surface area contributed by atoms with Crippen LogP contribution < -0.4 is 5.73 Å². The molecule has 1 nitrogen and oxygen atoms in total. The Balaban J connectivity index is 0.000000845. The summed E-state index contributed by atoms with van der Waals surface area (Å²) in [5.74, 6) is 0. The normalized spacial score (nSPS) is 17.8. The van der Waals surface area contributed by atoms with Crippen LogP contribution in [0.3, 0.4) is 0 Å². The van der Waals surface area contributed by atoms with Gasteiger partial charge in [0.25, 0.3) is 0 Å². The van der Waals surface area contributed by atoms with Gasteiger partial charge >= 0.3 is 0 Å². The summed E-state index contributed by atoms with van der Waals surface area (Å²) in [6, 6.07) is 5.48. The van der Waals surface area contributed by atoms with Crippen LogP contribution in [0.15, 0.2) is 18.2 Å². The van der Waals surface area contributed by atoms with E-state index >= 15 is 0 Å². The monoisotopic (exact) mass is 237 g/mol. The molecule has 0 heterocycles. The second-order valence-corrected chi connectivity index (χ2v) is 4.12. The molecule has 2 N–H and O–H groups in total. The third-order valence-electron chi connectivity index (χ3n) is 2.26. The minimum atomic E-state index is -0.165. The Morgan fingerprint density at radius 2 is 1.85 bits per heavy atom. The lowest BCUT2D eigenvalue weighted by molar-refractivity contribution is 0.740. The van der Waals surface area contributed by atoms with Crippen molar-refractivity contribution >= 4 is 35.6 Å². The van der Waals surface area contributed by atoms with E-state index in [0.29, 0.717) is 10.0 Å². The highest BCUT2D eigenvalue weighted by molar-refractivity contribution is 6.35. The quantitative estimate of drug-likeness (QED) is 0.798. The van der Waals surface area contributed by atoms with Crippen molar-refractivity contribution in [2.24, 2.45) is 5.73 Å². The lowest BCUT2D eigenvalue weighted by Gasteiger charge is -2.10. The number of benzene rings is 1. The Morgan fingerprint density at radius 3 is 2.31 bits per heavy atom. The molecule has 0 saturated heterocycles. The van der Waals surface area contributed by atoms with Crippen molar-refractivity contribution in [1.82, 2.24) is 0 Å². The lowest BCUT2D eigenvalue weighted by Crippen LogP contribution is -2.18. The molecule has 0 aliphatic heterocycles. The molecule has 0 radical (unpaired) electrons. The van der Waals surface area contributed by atoms with Gasteiger partial charge in [-0.05, 0) is 30.5 Å². The zero-order valence-electron chi connectivity index (χ0n) is 6.89. The van der Waals surface area contributed by atoms with E-state index in [1.54, 1.807) is 6.07 Å². The zero-order chi connectivity index (χ0) is 8.77. The molecular weight excluding hydrogens is 228 g/mol. The van der Waals surface area contributed by atoms with Crippen molar-refractivity contribution in [3.05, 3.63) is 33.8 Å². The highest BCUT2D eigenvalue weighted by Crippen LogP contribution is 2.45. The Hall–Kier alpha value is 0.0500. The Bertz CT molecular complexity index is 321. The lowest BCUT2D eigenvalue weighted by atomic mass is 10.1. The van der Waals surface area contributed by atoms with E-state index in [1.165, 1.54) is 0 Å². The summed E-state index contributed by atoms with van der Waals surface area (Å²) in [7, 11) is 0. The van der Waals surface area contributed by atoms with Gasteiger partial charge in [0.05, 0.1) is 0 Å². The fourth-order valence-corrected chi connectivity index (χ4v) is 1.89. The first kappa shape index (κ1) is 11.1. The molecule has 1 aromatic rings. The third kappa shape index (κ3) is 2.10. The van der Waals surface area contributed by atoms with E-state index in [9.17, 15) is 0 Å². The van der Waals surface area contributed by atoms with Crippen LogP contribution in [0.5, 0.6) is 0 Å². The maximum Gasteiger partial charge on any atom is 0.0471 e. The van der Waals surface area contributed by atoms with Crippen molar-refractivity contribution in [1.29, 1.82) is 0 Å². The molecule has 4 heteroatoms. The van der Waals surface area contributed by atoms with Gasteiger partial charge in [0, 0.05) is 15.6 Å². The van der Waals surface area contributed by atoms with Gasteiger partial charge in [0.1, 0.15) is 0 Å². The average molecular weight is 239 g/mol. The van der Waals surface area contributed by atoms with Crippen LogP contribution in [0.2, 0.25) is 10.0 Å². The van der Waals surface area contributed by atoms with Gasteiger partial charge in [0.2, 0.25) is 0 Å². The van der Waals surface area contributed by atoms with E-state index in [-0.39, 0.29) is 17.9 Å². The molecule has 1 aromatic carbocycles. The van der Waals surface area contributed by atoms with Gasteiger partial charge in [0.15, 0.2) is 0 Å². The first-order valence-electron chi connectivity index (χ1n) is 3.86. The summed E-state index contributed by atoms with van der Waals surface area (Å²) >= 11 is 11.8.